The van der Waals surface area contributed by atoms with Crippen LogP contribution in [0.1, 0.15) is 44.6 Å². The maximum absolute atomic E-state index is 13.0. The summed E-state index contributed by atoms with van der Waals surface area (Å²) in [7, 11) is 0. The van der Waals surface area contributed by atoms with Crippen LogP contribution in [0.4, 0.5) is 4.39 Å². The van der Waals surface area contributed by atoms with Gasteiger partial charge in [-0.25, -0.2) is 4.39 Å². The molecule has 0 aliphatic carbocycles. The van der Waals surface area contributed by atoms with Crippen molar-refractivity contribution in [3.05, 3.63) is 59.9 Å². The van der Waals surface area contributed by atoms with Crippen molar-refractivity contribution in [1.82, 2.24) is 10.2 Å². The first kappa shape index (κ1) is 20.8. The normalized spacial score (nSPS) is 16.3. The zero-order valence-electron chi connectivity index (χ0n) is 16.7. The third-order valence-electron chi connectivity index (χ3n) is 5.03. The fraction of sp³-hybridized carbons (Fsp3) is 0.391. The van der Waals surface area contributed by atoms with Crippen molar-refractivity contribution in [3.63, 3.8) is 0 Å². The monoisotopic (exact) mass is 398 g/mol. The first-order chi connectivity index (χ1) is 14.1. The molecular formula is C23H27FN2O3. The number of piperidine rings is 1. The zero-order valence-corrected chi connectivity index (χ0v) is 16.7. The Balaban J connectivity index is 1.54. The molecule has 1 atom stereocenters. The number of hydrogen-bond acceptors (Lipinski definition) is 3. The topological polar surface area (TPSA) is 58.6 Å². The lowest BCUT2D eigenvalue weighted by atomic mass is 10.0. The molecule has 2 aromatic carbocycles. The lowest BCUT2D eigenvalue weighted by Gasteiger charge is -2.34. The molecule has 1 fully saturated rings. The number of carbonyl (C=O) groups excluding carboxylic acids is 2. The van der Waals surface area contributed by atoms with Gasteiger partial charge in [-0.3, -0.25) is 9.59 Å². The predicted molar refractivity (Wildman–Crippen MR) is 109 cm³/mol. The lowest BCUT2D eigenvalue weighted by Crippen LogP contribution is -2.51. The summed E-state index contributed by atoms with van der Waals surface area (Å²) >= 11 is 0. The number of carbonyl (C=O) groups is 2. The van der Waals surface area contributed by atoms with E-state index in [4.69, 9.17) is 4.74 Å². The third kappa shape index (κ3) is 5.79. The molecule has 0 radical (unpaired) electrons. The standard InChI is InChI=1S/C23H27FN2O3/c1-2-5-22(27)26-15-4-3-6-21(26)23(28)25-16-17-7-11-19(12-8-17)29-20-13-9-18(24)10-14-20/h7-14,21H,2-6,15-16H2,1H3,(H,25,28). The fourth-order valence-corrected chi connectivity index (χ4v) is 3.48. The summed E-state index contributed by atoms with van der Waals surface area (Å²) in [5.41, 5.74) is 0.937. The van der Waals surface area contributed by atoms with Gasteiger partial charge in [0, 0.05) is 19.5 Å². The van der Waals surface area contributed by atoms with Crippen LogP contribution in [-0.2, 0) is 16.1 Å². The molecule has 29 heavy (non-hydrogen) atoms. The number of nitrogens with one attached hydrogen (secondary N) is 1. The van der Waals surface area contributed by atoms with Crippen LogP contribution in [0.2, 0.25) is 0 Å². The Labute approximate surface area is 170 Å². The van der Waals surface area contributed by atoms with Gasteiger partial charge in [0.1, 0.15) is 23.4 Å². The maximum Gasteiger partial charge on any atom is 0.243 e. The molecule has 2 aromatic rings. The summed E-state index contributed by atoms with van der Waals surface area (Å²) in [4.78, 5) is 26.7. The van der Waals surface area contributed by atoms with Gasteiger partial charge in [0.2, 0.25) is 11.8 Å². The first-order valence-electron chi connectivity index (χ1n) is 10.2. The van der Waals surface area contributed by atoms with Crippen LogP contribution in [-0.4, -0.2) is 29.3 Å². The highest BCUT2D eigenvalue weighted by molar-refractivity contribution is 5.87. The van der Waals surface area contributed by atoms with Gasteiger partial charge in [-0.15, -0.1) is 0 Å². The highest BCUT2D eigenvalue weighted by Crippen LogP contribution is 2.22. The van der Waals surface area contributed by atoms with Gasteiger partial charge in [-0.05, 0) is 67.6 Å². The third-order valence-corrected chi connectivity index (χ3v) is 5.03. The highest BCUT2D eigenvalue weighted by atomic mass is 19.1. The minimum absolute atomic E-state index is 0.0645. The molecule has 5 nitrogen and oxygen atoms in total. The van der Waals surface area contributed by atoms with E-state index in [1.54, 1.807) is 17.0 Å². The van der Waals surface area contributed by atoms with E-state index in [1.807, 2.05) is 31.2 Å². The molecule has 1 unspecified atom stereocenters. The summed E-state index contributed by atoms with van der Waals surface area (Å²) in [6, 6.07) is 12.8. The van der Waals surface area contributed by atoms with Crippen LogP contribution in [0.5, 0.6) is 11.5 Å². The zero-order chi connectivity index (χ0) is 20.6. The van der Waals surface area contributed by atoms with E-state index in [0.29, 0.717) is 37.4 Å². The Bertz CT molecular complexity index is 821. The number of halogens is 1. The molecule has 1 N–H and O–H groups in total. The summed E-state index contributed by atoms with van der Waals surface area (Å²) in [5.74, 6) is 0.851. The molecule has 3 rings (SSSR count). The van der Waals surface area contributed by atoms with Crippen molar-refractivity contribution in [1.29, 1.82) is 0 Å². The number of nitrogens with zero attached hydrogens (tertiary/aromatic N) is 1. The molecular weight excluding hydrogens is 371 g/mol. The Morgan fingerprint density at radius 2 is 1.72 bits per heavy atom. The second-order valence-electron chi connectivity index (χ2n) is 7.27. The molecule has 154 valence electrons. The molecule has 0 spiro atoms. The van der Waals surface area contributed by atoms with E-state index in [2.05, 4.69) is 5.32 Å². The predicted octanol–water partition coefficient (Wildman–Crippen LogP) is 4.42. The number of amides is 2. The van der Waals surface area contributed by atoms with Crippen molar-refractivity contribution in [2.45, 2.75) is 51.6 Å². The van der Waals surface area contributed by atoms with Gasteiger partial charge >= 0.3 is 0 Å². The Hall–Kier alpha value is -2.89. The molecule has 1 heterocycles. The molecule has 0 saturated carbocycles. The summed E-state index contributed by atoms with van der Waals surface area (Å²) < 4.78 is 18.6. The van der Waals surface area contributed by atoms with E-state index in [0.717, 1.165) is 24.8 Å². The second kappa shape index (κ2) is 10.0. The van der Waals surface area contributed by atoms with E-state index >= 15 is 0 Å². The average Bonchev–Trinajstić information content (AvgIpc) is 2.75. The summed E-state index contributed by atoms with van der Waals surface area (Å²) in [6.45, 7) is 3.02. The molecule has 6 heteroatoms. The quantitative estimate of drug-likeness (QED) is 0.751. The molecule has 0 aromatic heterocycles. The Morgan fingerprint density at radius 3 is 2.38 bits per heavy atom. The lowest BCUT2D eigenvalue weighted by molar-refractivity contribution is -0.142. The van der Waals surface area contributed by atoms with Gasteiger partial charge in [0.15, 0.2) is 0 Å². The smallest absolute Gasteiger partial charge is 0.243 e. The molecule has 2 amide bonds. The van der Waals surface area contributed by atoms with Crippen LogP contribution >= 0.6 is 0 Å². The number of likely N-dealkylation sites (tertiary alicyclic amines) is 1. The SMILES string of the molecule is CCCC(=O)N1CCCCC1C(=O)NCc1ccc(Oc2ccc(F)cc2)cc1. The number of benzene rings is 2. The van der Waals surface area contributed by atoms with Gasteiger partial charge in [0.25, 0.3) is 0 Å². The first-order valence-corrected chi connectivity index (χ1v) is 10.2. The van der Waals surface area contributed by atoms with Crippen molar-refractivity contribution >= 4 is 11.8 Å². The van der Waals surface area contributed by atoms with Crippen molar-refractivity contribution < 1.29 is 18.7 Å². The summed E-state index contributed by atoms with van der Waals surface area (Å²) in [5, 5.41) is 2.96. The average molecular weight is 398 g/mol. The van der Waals surface area contributed by atoms with Crippen molar-refractivity contribution in [2.75, 3.05) is 6.54 Å². The fourth-order valence-electron chi connectivity index (χ4n) is 3.48. The van der Waals surface area contributed by atoms with Gasteiger partial charge in [-0.1, -0.05) is 19.1 Å². The molecule has 0 bridgehead atoms. The van der Waals surface area contributed by atoms with Gasteiger partial charge in [0.05, 0.1) is 0 Å². The van der Waals surface area contributed by atoms with Crippen molar-refractivity contribution in [3.8, 4) is 11.5 Å². The number of hydrogen-bond donors (Lipinski definition) is 1. The number of ether oxygens (including phenoxy) is 1. The van der Waals surface area contributed by atoms with E-state index < -0.39 is 0 Å². The maximum atomic E-state index is 13.0. The van der Waals surface area contributed by atoms with Crippen LogP contribution in [0.15, 0.2) is 48.5 Å². The van der Waals surface area contributed by atoms with Crippen LogP contribution in [0, 0.1) is 5.82 Å². The second-order valence-corrected chi connectivity index (χ2v) is 7.27. The van der Waals surface area contributed by atoms with Crippen LogP contribution < -0.4 is 10.1 Å². The molecule has 1 aliphatic heterocycles. The van der Waals surface area contributed by atoms with Crippen LogP contribution in [0.25, 0.3) is 0 Å². The van der Waals surface area contributed by atoms with E-state index in [9.17, 15) is 14.0 Å². The van der Waals surface area contributed by atoms with Crippen molar-refractivity contribution in [2.24, 2.45) is 0 Å². The number of rotatable bonds is 7. The minimum Gasteiger partial charge on any atom is -0.457 e. The van der Waals surface area contributed by atoms with E-state index in [-0.39, 0.29) is 23.7 Å². The van der Waals surface area contributed by atoms with Crippen LogP contribution in [0.3, 0.4) is 0 Å². The van der Waals surface area contributed by atoms with Gasteiger partial charge < -0.3 is 15.0 Å². The van der Waals surface area contributed by atoms with Gasteiger partial charge in [-0.2, -0.15) is 0 Å². The largest absolute Gasteiger partial charge is 0.457 e. The highest BCUT2D eigenvalue weighted by Gasteiger charge is 2.31. The Morgan fingerprint density at radius 1 is 1.07 bits per heavy atom. The minimum atomic E-state index is -0.371. The Kier molecular flexibility index (Phi) is 7.22. The van der Waals surface area contributed by atoms with E-state index in [1.165, 1.54) is 12.1 Å². The molecule has 1 aliphatic rings. The summed E-state index contributed by atoms with van der Waals surface area (Å²) in [6.07, 6.45) is 3.90. The molecule has 1 saturated heterocycles.